The van der Waals surface area contributed by atoms with Gasteiger partial charge in [0, 0.05) is 31.6 Å². The fraction of sp³-hybridized carbons (Fsp3) is 0.158. The monoisotopic (exact) mass is 348 g/mol. The Morgan fingerprint density at radius 2 is 1.73 bits per heavy atom. The molecular formula is C19H16N4O3. The average Bonchev–Trinajstić information content (AvgIpc) is 3.22. The lowest BCUT2D eigenvalue weighted by Gasteiger charge is -2.13. The normalized spacial score (nSPS) is 13.3. The van der Waals surface area contributed by atoms with E-state index >= 15 is 0 Å². The molecule has 0 saturated heterocycles. The number of aromatic nitrogens is 2. The Hall–Kier alpha value is -3.48. The number of imidazole rings is 1. The van der Waals surface area contributed by atoms with Crippen molar-refractivity contribution in [2.45, 2.75) is 12.8 Å². The van der Waals surface area contributed by atoms with Gasteiger partial charge in [-0.2, -0.15) is 0 Å². The minimum atomic E-state index is -0.298. The molecule has 3 aromatic rings. The van der Waals surface area contributed by atoms with Gasteiger partial charge >= 0.3 is 0 Å². The summed E-state index contributed by atoms with van der Waals surface area (Å²) in [5.41, 5.74) is 2.14. The third kappa shape index (κ3) is 2.73. The van der Waals surface area contributed by atoms with E-state index in [0.29, 0.717) is 28.9 Å². The maximum atomic E-state index is 12.3. The summed E-state index contributed by atoms with van der Waals surface area (Å²) in [5.74, 6) is -0.779. The number of fused-ring (bicyclic) bond motifs is 2. The molecule has 1 aromatic carbocycles. The Morgan fingerprint density at radius 1 is 1.00 bits per heavy atom. The van der Waals surface area contributed by atoms with Gasteiger partial charge in [0.25, 0.3) is 11.8 Å². The van der Waals surface area contributed by atoms with Crippen LogP contribution in [0.15, 0.2) is 55.0 Å². The first-order valence-corrected chi connectivity index (χ1v) is 8.32. The van der Waals surface area contributed by atoms with E-state index in [1.807, 2.05) is 16.7 Å². The van der Waals surface area contributed by atoms with Crippen molar-refractivity contribution in [3.05, 3.63) is 66.1 Å². The quantitative estimate of drug-likeness (QED) is 0.718. The van der Waals surface area contributed by atoms with Crippen LogP contribution in [0.5, 0.6) is 0 Å². The maximum absolute atomic E-state index is 12.3. The van der Waals surface area contributed by atoms with Gasteiger partial charge in [-0.05, 0) is 30.7 Å². The van der Waals surface area contributed by atoms with E-state index < -0.39 is 0 Å². The lowest BCUT2D eigenvalue weighted by molar-refractivity contribution is -0.116. The molecule has 0 unspecified atom stereocenters. The topological polar surface area (TPSA) is 83.8 Å². The molecule has 2 aromatic heterocycles. The number of amides is 3. The van der Waals surface area contributed by atoms with Crippen LogP contribution in [-0.2, 0) is 4.79 Å². The van der Waals surface area contributed by atoms with Gasteiger partial charge in [0.15, 0.2) is 5.65 Å². The van der Waals surface area contributed by atoms with Crippen LogP contribution in [0.2, 0.25) is 0 Å². The van der Waals surface area contributed by atoms with E-state index in [1.54, 1.807) is 42.7 Å². The lowest BCUT2D eigenvalue weighted by atomic mass is 10.1. The highest BCUT2D eigenvalue weighted by Gasteiger charge is 2.34. The molecular weight excluding hydrogens is 332 g/mol. The second-order valence-electron chi connectivity index (χ2n) is 6.04. The van der Waals surface area contributed by atoms with E-state index in [9.17, 15) is 14.4 Å². The first kappa shape index (κ1) is 16.0. The summed E-state index contributed by atoms with van der Waals surface area (Å²) in [6.45, 7) is 0.216. The van der Waals surface area contributed by atoms with Crippen LogP contribution in [0, 0.1) is 0 Å². The molecule has 1 aliphatic heterocycles. The third-order valence-electron chi connectivity index (χ3n) is 4.36. The number of nitrogens with one attached hydrogen (secondary N) is 1. The summed E-state index contributed by atoms with van der Waals surface area (Å²) >= 11 is 0. The van der Waals surface area contributed by atoms with E-state index in [4.69, 9.17) is 0 Å². The van der Waals surface area contributed by atoms with Gasteiger partial charge in [0.2, 0.25) is 5.91 Å². The zero-order chi connectivity index (χ0) is 18.1. The van der Waals surface area contributed by atoms with Crippen molar-refractivity contribution in [3.63, 3.8) is 0 Å². The molecule has 1 aliphatic rings. The fourth-order valence-electron chi connectivity index (χ4n) is 3.10. The molecule has 3 amide bonds. The number of pyridine rings is 1. The van der Waals surface area contributed by atoms with Crippen LogP contribution in [0.25, 0.3) is 5.65 Å². The molecule has 130 valence electrons. The molecule has 0 saturated carbocycles. The van der Waals surface area contributed by atoms with Crippen molar-refractivity contribution >= 4 is 29.1 Å². The van der Waals surface area contributed by atoms with Crippen LogP contribution in [0.3, 0.4) is 0 Å². The Morgan fingerprint density at radius 3 is 2.46 bits per heavy atom. The van der Waals surface area contributed by atoms with Crippen LogP contribution in [0.4, 0.5) is 5.69 Å². The Balaban J connectivity index is 1.35. The fourth-order valence-corrected chi connectivity index (χ4v) is 3.10. The van der Waals surface area contributed by atoms with Crippen molar-refractivity contribution in [2.24, 2.45) is 0 Å². The zero-order valence-corrected chi connectivity index (χ0v) is 13.9. The number of rotatable bonds is 5. The number of benzene rings is 1. The largest absolute Gasteiger partial charge is 0.323 e. The van der Waals surface area contributed by atoms with Crippen LogP contribution < -0.4 is 5.32 Å². The van der Waals surface area contributed by atoms with E-state index in [2.05, 4.69) is 10.3 Å². The second-order valence-corrected chi connectivity index (χ2v) is 6.04. The van der Waals surface area contributed by atoms with Gasteiger partial charge in [-0.3, -0.25) is 19.3 Å². The van der Waals surface area contributed by atoms with Crippen molar-refractivity contribution < 1.29 is 14.4 Å². The van der Waals surface area contributed by atoms with Crippen LogP contribution >= 0.6 is 0 Å². The zero-order valence-electron chi connectivity index (χ0n) is 13.9. The second kappa shape index (κ2) is 6.44. The summed E-state index contributed by atoms with van der Waals surface area (Å²) < 4.78 is 1.81. The molecule has 0 atom stereocenters. The number of carbonyl (C=O) groups excluding carboxylic acids is 3. The molecule has 7 heteroatoms. The Kier molecular flexibility index (Phi) is 3.96. The highest BCUT2D eigenvalue weighted by molar-refractivity contribution is 6.21. The molecule has 0 bridgehead atoms. The maximum Gasteiger partial charge on any atom is 0.261 e. The van der Waals surface area contributed by atoms with Crippen LogP contribution in [-0.4, -0.2) is 38.6 Å². The van der Waals surface area contributed by atoms with Gasteiger partial charge in [-0.1, -0.05) is 12.1 Å². The molecule has 0 fully saturated rings. The molecule has 0 aliphatic carbocycles. The molecule has 7 nitrogen and oxygen atoms in total. The Bertz CT molecular complexity index is 989. The van der Waals surface area contributed by atoms with E-state index in [1.165, 1.54) is 4.90 Å². The van der Waals surface area contributed by atoms with Crippen LogP contribution in [0.1, 0.15) is 33.6 Å². The predicted octanol–water partition coefficient (Wildman–Crippen LogP) is 2.35. The molecule has 26 heavy (non-hydrogen) atoms. The summed E-state index contributed by atoms with van der Waals surface area (Å²) in [6, 6.07) is 10.4. The third-order valence-corrected chi connectivity index (χ3v) is 4.36. The number of anilines is 1. The first-order chi connectivity index (χ1) is 12.6. The van der Waals surface area contributed by atoms with E-state index in [0.717, 1.165) is 0 Å². The highest BCUT2D eigenvalue weighted by Crippen LogP contribution is 2.22. The van der Waals surface area contributed by atoms with Crippen molar-refractivity contribution in [2.75, 3.05) is 11.9 Å². The van der Waals surface area contributed by atoms with Gasteiger partial charge in [0.1, 0.15) is 0 Å². The Labute approximate surface area is 149 Å². The molecule has 4 rings (SSSR count). The molecule has 3 heterocycles. The number of hydrogen-bond acceptors (Lipinski definition) is 4. The SMILES string of the molecule is O=C(CCCN1C(=O)c2ccccc2C1=O)Nc1cccn2ccnc12. The minimum Gasteiger partial charge on any atom is -0.323 e. The van der Waals surface area contributed by atoms with Gasteiger partial charge in [-0.15, -0.1) is 0 Å². The summed E-state index contributed by atoms with van der Waals surface area (Å²) in [5, 5.41) is 2.83. The standard InChI is InChI=1S/C19H16N4O3/c24-16(21-15-7-3-10-22-12-9-20-17(15)22)8-4-11-23-18(25)13-5-1-2-6-14(13)19(23)26/h1-3,5-7,9-10,12H,4,8,11H2,(H,21,24). The molecule has 0 radical (unpaired) electrons. The summed E-state index contributed by atoms with van der Waals surface area (Å²) in [4.78, 5) is 42.2. The average molecular weight is 348 g/mol. The van der Waals surface area contributed by atoms with Crippen molar-refractivity contribution in [1.82, 2.24) is 14.3 Å². The van der Waals surface area contributed by atoms with Gasteiger partial charge in [0.05, 0.1) is 16.8 Å². The van der Waals surface area contributed by atoms with Gasteiger partial charge in [-0.25, -0.2) is 4.98 Å². The van der Waals surface area contributed by atoms with E-state index in [-0.39, 0.29) is 30.7 Å². The van der Waals surface area contributed by atoms with Crippen molar-refractivity contribution in [3.8, 4) is 0 Å². The first-order valence-electron chi connectivity index (χ1n) is 8.32. The number of imide groups is 1. The minimum absolute atomic E-state index is 0.183. The smallest absolute Gasteiger partial charge is 0.261 e. The number of carbonyl (C=O) groups is 3. The number of hydrogen-bond donors (Lipinski definition) is 1. The van der Waals surface area contributed by atoms with Gasteiger partial charge < -0.3 is 9.72 Å². The summed E-state index contributed by atoms with van der Waals surface area (Å²) in [6.07, 6.45) is 5.91. The molecule has 0 spiro atoms. The lowest BCUT2D eigenvalue weighted by Crippen LogP contribution is -2.31. The highest BCUT2D eigenvalue weighted by atomic mass is 16.2. The van der Waals surface area contributed by atoms with Crippen molar-refractivity contribution in [1.29, 1.82) is 0 Å². The number of nitrogens with zero attached hydrogens (tertiary/aromatic N) is 3. The molecule has 1 N–H and O–H groups in total. The predicted molar refractivity (Wildman–Crippen MR) is 94.9 cm³/mol. The summed E-state index contributed by atoms with van der Waals surface area (Å²) in [7, 11) is 0.